The van der Waals surface area contributed by atoms with Crippen LogP contribution in [0, 0.1) is 0 Å². The van der Waals surface area contributed by atoms with Crippen LogP contribution in [0.15, 0.2) is 29.2 Å². The molecule has 2 atom stereocenters. The van der Waals surface area contributed by atoms with E-state index in [0.29, 0.717) is 4.90 Å². The molecule has 0 saturated heterocycles. The normalized spacial score (nSPS) is 15.0. The van der Waals surface area contributed by atoms with Crippen molar-refractivity contribution >= 4 is 10.0 Å². The van der Waals surface area contributed by atoms with Gasteiger partial charge < -0.3 is 5.32 Å². The Morgan fingerprint density at radius 1 is 1.15 bits per heavy atom. The summed E-state index contributed by atoms with van der Waals surface area (Å²) >= 11 is 0. The Balaban J connectivity index is 2.77. The third kappa shape index (κ3) is 4.89. The van der Waals surface area contributed by atoms with Gasteiger partial charge in [-0.15, -0.1) is 0 Å². The van der Waals surface area contributed by atoms with E-state index in [2.05, 4.69) is 17.0 Å². The van der Waals surface area contributed by atoms with Crippen LogP contribution in [0.5, 0.6) is 0 Å². The van der Waals surface area contributed by atoms with Crippen molar-refractivity contribution in [3.8, 4) is 0 Å². The van der Waals surface area contributed by atoms with Crippen molar-refractivity contribution < 1.29 is 8.42 Å². The number of unbranched alkanes of at least 4 members (excludes halogenated alkanes) is 1. The molecule has 0 aliphatic rings. The molecule has 1 rings (SSSR count). The zero-order valence-corrected chi connectivity index (χ0v) is 13.6. The Morgan fingerprint density at radius 3 is 2.25 bits per heavy atom. The number of hydrogen-bond acceptors (Lipinski definition) is 3. The Hall–Kier alpha value is -0.910. The molecule has 20 heavy (non-hydrogen) atoms. The van der Waals surface area contributed by atoms with Crippen molar-refractivity contribution in [1.82, 2.24) is 10.0 Å². The molecule has 114 valence electrons. The summed E-state index contributed by atoms with van der Waals surface area (Å²) in [6.07, 6.45) is 2.97. The van der Waals surface area contributed by atoms with Gasteiger partial charge in [0.25, 0.3) is 0 Å². The average Bonchev–Trinajstić information content (AvgIpc) is 2.44. The fraction of sp³-hybridized carbons (Fsp3) is 0.600. The van der Waals surface area contributed by atoms with Gasteiger partial charge in [0, 0.05) is 12.1 Å². The average molecular weight is 298 g/mol. The van der Waals surface area contributed by atoms with Crippen LogP contribution < -0.4 is 10.0 Å². The summed E-state index contributed by atoms with van der Waals surface area (Å²) < 4.78 is 27.2. The zero-order chi connectivity index (χ0) is 15.2. The molecule has 0 aliphatic carbocycles. The molecule has 5 heteroatoms. The van der Waals surface area contributed by atoms with E-state index in [-0.39, 0.29) is 12.1 Å². The van der Waals surface area contributed by atoms with Crippen LogP contribution in [-0.4, -0.2) is 21.5 Å². The van der Waals surface area contributed by atoms with Crippen molar-refractivity contribution in [3.05, 3.63) is 29.8 Å². The number of hydrogen-bond donors (Lipinski definition) is 2. The van der Waals surface area contributed by atoms with Crippen molar-refractivity contribution in [2.45, 2.75) is 57.0 Å². The molecule has 0 fully saturated rings. The highest BCUT2D eigenvalue weighted by Gasteiger charge is 2.17. The van der Waals surface area contributed by atoms with E-state index >= 15 is 0 Å². The molecule has 0 aliphatic heterocycles. The van der Waals surface area contributed by atoms with Gasteiger partial charge in [0.2, 0.25) is 10.0 Å². The molecule has 0 amide bonds. The molecule has 0 spiro atoms. The first-order valence-electron chi connectivity index (χ1n) is 7.20. The predicted octanol–water partition coefficient (Wildman–Crippen LogP) is 2.82. The number of sulfonamides is 1. The van der Waals surface area contributed by atoms with Crippen LogP contribution in [0.1, 0.15) is 51.6 Å². The highest BCUT2D eigenvalue weighted by molar-refractivity contribution is 7.89. The van der Waals surface area contributed by atoms with E-state index in [9.17, 15) is 8.42 Å². The monoisotopic (exact) mass is 298 g/mol. The lowest BCUT2D eigenvalue weighted by Gasteiger charge is -2.15. The fourth-order valence-corrected chi connectivity index (χ4v) is 3.28. The first kappa shape index (κ1) is 17.1. The van der Waals surface area contributed by atoms with Crippen LogP contribution in [0.2, 0.25) is 0 Å². The Labute approximate surface area is 123 Å². The molecule has 1 aromatic carbocycles. The zero-order valence-electron chi connectivity index (χ0n) is 12.8. The maximum Gasteiger partial charge on any atom is 0.240 e. The van der Waals surface area contributed by atoms with E-state index < -0.39 is 10.0 Å². The Morgan fingerprint density at radius 2 is 1.75 bits per heavy atom. The highest BCUT2D eigenvalue weighted by atomic mass is 32.2. The summed E-state index contributed by atoms with van der Waals surface area (Å²) in [4.78, 5) is 0.327. The first-order chi connectivity index (χ1) is 9.40. The predicted molar refractivity (Wildman–Crippen MR) is 83.2 cm³/mol. The minimum Gasteiger partial charge on any atom is -0.313 e. The van der Waals surface area contributed by atoms with Crippen molar-refractivity contribution in [2.24, 2.45) is 0 Å². The van der Waals surface area contributed by atoms with Gasteiger partial charge in [-0.25, -0.2) is 13.1 Å². The smallest absolute Gasteiger partial charge is 0.240 e. The first-order valence-corrected chi connectivity index (χ1v) is 8.68. The molecular weight excluding hydrogens is 272 g/mol. The number of benzene rings is 1. The lowest BCUT2D eigenvalue weighted by atomic mass is 10.1. The third-order valence-corrected chi connectivity index (χ3v) is 5.08. The summed E-state index contributed by atoms with van der Waals surface area (Å²) in [6, 6.07) is 7.22. The molecule has 0 radical (unpaired) electrons. The van der Waals surface area contributed by atoms with E-state index in [1.165, 1.54) is 0 Å². The molecule has 1 aromatic rings. The van der Waals surface area contributed by atoms with Crippen LogP contribution >= 0.6 is 0 Å². The van der Waals surface area contributed by atoms with Crippen LogP contribution in [-0.2, 0) is 10.0 Å². The molecule has 2 N–H and O–H groups in total. The minimum absolute atomic E-state index is 0.0316. The van der Waals surface area contributed by atoms with Gasteiger partial charge in [0.05, 0.1) is 4.90 Å². The lowest BCUT2D eigenvalue weighted by molar-refractivity contribution is 0.534. The van der Waals surface area contributed by atoms with Gasteiger partial charge in [-0.05, 0) is 45.0 Å². The molecule has 0 aromatic heterocycles. The lowest BCUT2D eigenvalue weighted by Crippen LogP contribution is -2.32. The van der Waals surface area contributed by atoms with Crippen LogP contribution in [0.4, 0.5) is 0 Å². The summed E-state index contributed by atoms with van der Waals surface area (Å²) in [7, 11) is -1.53. The Kier molecular flexibility index (Phi) is 6.65. The summed E-state index contributed by atoms with van der Waals surface area (Å²) in [5, 5.41) is 3.13. The van der Waals surface area contributed by atoms with Gasteiger partial charge in [-0.1, -0.05) is 31.9 Å². The van der Waals surface area contributed by atoms with Gasteiger partial charge in [-0.2, -0.15) is 0 Å². The SMILES string of the molecule is CCCCC(C)NS(=O)(=O)c1ccc(C(C)NC)cc1. The second kappa shape index (κ2) is 7.76. The van der Waals surface area contributed by atoms with Gasteiger partial charge in [-0.3, -0.25) is 0 Å². The second-order valence-corrected chi connectivity index (χ2v) is 6.96. The number of nitrogens with one attached hydrogen (secondary N) is 2. The van der Waals surface area contributed by atoms with Gasteiger partial charge in [0.1, 0.15) is 0 Å². The van der Waals surface area contributed by atoms with Gasteiger partial charge in [0.15, 0.2) is 0 Å². The highest BCUT2D eigenvalue weighted by Crippen LogP contribution is 2.16. The third-order valence-electron chi connectivity index (χ3n) is 3.47. The van der Waals surface area contributed by atoms with Crippen molar-refractivity contribution in [1.29, 1.82) is 0 Å². The van der Waals surface area contributed by atoms with Crippen LogP contribution in [0.25, 0.3) is 0 Å². The molecule has 4 nitrogen and oxygen atoms in total. The molecule has 0 heterocycles. The maximum absolute atomic E-state index is 12.2. The molecular formula is C15H26N2O2S. The second-order valence-electron chi connectivity index (χ2n) is 5.24. The van der Waals surface area contributed by atoms with E-state index in [1.54, 1.807) is 12.1 Å². The van der Waals surface area contributed by atoms with Crippen molar-refractivity contribution in [3.63, 3.8) is 0 Å². The standard InChI is InChI=1S/C15H26N2O2S/c1-5-6-7-12(2)17-20(18,19)15-10-8-14(9-11-15)13(3)16-4/h8-13,16-17H,5-7H2,1-4H3. The maximum atomic E-state index is 12.2. The van der Waals surface area contributed by atoms with Gasteiger partial charge >= 0.3 is 0 Å². The number of rotatable bonds is 8. The summed E-state index contributed by atoms with van der Waals surface area (Å²) in [5.41, 5.74) is 1.07. The topological polar surface area (TPSA) is 58.2 Å². The van der Waals surface area contributed by atoms with E-state index in [0.717, 1.165) is 24.8 Å². The molecule has 0 bridgehead atoms. The van der Waals surface area contributed by atoms with Crippen molar-refractivity contribution in [2.75, 3.05) is 7.05 Å². The van der Waals surface area contributed by atoms with E-state index in [1.807, 2.05) is 33.0 Å². The van der Waals surface area contributed by atoms with E-state index in [4.69, 9.17) is 0 Å². The minimum atomic E-state index is -3.41. The van der Waals surface area contributed by atoms with Crippen LogP contribution in [0.3, 0.4) is 0 Å². The summed E-state index contributed by atoms with van der Waals surface area (Å²) in [5.74, 6) is 0. The Bertz CT molecular complexity index is 497. The summed E-state index contributed by atoms with van der Waals surface area (Å²) in [6.45, 7) is 6.04. The molecule has 0 saturated carbocycles. The largest absolute Gasteiger partial charge is 0.313 e. The fourth-order valence-electron chi connectivity index (χ4n) is 2.00. The quantitative estimate of drug-likeness (QED) is 0.776. The molecule has 2 unspecified atom stereocenters.